The van der Waals surface area contributed by atoms with Crippen LogP contribution in [0, 0.1) is 46.5 Å². The first kappa shape index (κ1) is 22.2. The van der Waals surface area contributed by atoms with Gasteiger partial charge in [-0.1, -0.05) is 45.4 Å². The molecule has 4 atom stereocenters. The Labute approximate surface area is 183 Å². The van der Waals surface area contributed by atoms with Crippen LogP contribution in [-0.2, 0) is 0 Å². The van der Waals surface area contributed by atoms with E-state index in [-0.39, 0.29) is 22.3 Å². The Morgan fingerprint density at radius 2 is 1.71 bits per heavy atom. The SMILES string of the molecule is CCCCCCC1CCC2CC(c3cc4cc(F)cc(F)c4c(F)c3C#N)CCC2C1. The van der Waals surface area contributed by atoms with Crippen LogP contribution >= 0.6 is 0 Å². The monoisotopic (exact) mass is 427 g/mol. The zero-order valence-electron chi connectivity index (χ0n) is 18.4. The van der Waals surface area contributed by atoms with Crippen molar-refractivity contribution in [1.29, 1.82) is 5.26 Å². The molecule has 0 radical (unpaired) electrons. The number of benzene rings is 2. The highest BCUT2D eigenvalue weighted by molar-refractivity contribution is 5.86. The Balaban J connectivity index is 1.51. The first-order valence-corrected chi connectivity index (χ1v) is 12.0. The largest absolute Gasteiger partial charge is 0.207 e. The molecule has 0 N–H and O–H groups in total. The number of unbranched alkanes of at least 4 members (excludes halogenated alkanes) is 3. The number of rotatable bonds is 6. The minimum absolute atomic E-state index is 0.0638. The minimum Gasteiger partial charge on any atom is -0.207 e. The van der Waals surface area contributed by atoms with Crippen LogP contribution in [0.3, 0.4) is 0 Å². The highest BCUT2D eigenvalue weighted by Gasteiger charge is 2.37. The van der Waals surface area contributed by atoms with E-state index < -0.39 is 17.5 Å². The topological polar surface area (TPSA) is 23.8 Å². The summed E-state index contributed by atoms with van der Waals surface area (Å²) in [6.45, 7) is 2.25. The molecule has 2 fully saturated rings. The molecule has 0 saturated heterocycles. The molecule has 0 heterocycles. The predicted molar refractivity (Wildman–Crippen MR) is 118 cm³/mol. The van der Waals surface area contributed by atoms with Gasteiger partial charge in [0.2, 0.25) is 0 Å². The van der Waals surface area contributed by atoms with Gasteiger partial charge in [-0.25, -0.2) is 13.2 Å². The second-order valence-corrected chi connectivity index (χ2v) is 9.81. The summed E-state index contributed by atoms with van der Waals surface area (Å²) in [6, 6.07) is 5.48. The van der Waals surface area contributed by atoms with E-state index in [0.29, 0.717) is 17.5 Å². The summed E-state index contributed by atoms with van der Waals surface area (Å²) in [5, 5.41) is 9.57. The Kier molecular flexibility index (Phi) is 6.89. The third-order valence-electron chi connectivity index (χ3n) is 7.86. The van der Waals surface area contributed by atoms with Gasteiger partial charge in [-0.3, -0.25) is 0 Å². The van der Waals surface area contributed by atoms with Crippen molar-refractivity contribution in [3.8, 4) is 6.07 Å². The van der Waals surface area contributed by atoms with Crippen molar-refractivity contribution in [2.45, 2.75) is 83.5 Å². The van der Waals surface area contributed by atoms with Crippen LogP contribution < -0.4 is 0 Å². The first-order chi connectivity index (χ1) is 15.0. The molecule has 2 aliphatic carbocycles. The van der Waals surface area contributed by atoms with E-state index in [4.69, 9.17) is 0 Å². The van der Waals surface area contributed by atoms with Crippen molar-refractivity contribution in [1.82, 2.24) is 0 Å². The molecule has 0 aliphatic heterocycles. The molecule has 31 heavy (non-hydrogen) atoms. The van der Waals surface area contributed by atoms with Crippen molar-refractivity contribution >= 4 is 10.8 Å². The molecule has 166 valence electrons. The van der Waals surface area contributed by atoms with Crippen LogP contribution in [0.25, 0.3) is 10.8 Å². The van der Waals surface area contributed by atoms with Crippen molar-refractivity contribution in [3.63, 3.8) is 0 Å². The molecule has 2 aliphatic rings. The molecule has 2 aromatic carbocycles. The number of halogens is 3. The van der Waals surface area contributed by atoms with E-state index in [2.05, 4.69) is 6.92 Å². The van der Waals surface area contributed by atoms with Gasteiger partial charge in [0.05, 0.1) is 10.9 Å². The average Bonchev–Trinajstić information content (AvgIpc) is 2.75. The van der Waals surface area contributed by atoms with Crippen LogP contribution in [0.1, 0.15) is 94.6 Å². The van der Waals surface area contributed by atoms with E-state index in [1.54, 1.807) is 6.07 Å². The van der Waals surface area contributed by atoms with Gasteiger partial charge in [-0.15, -0.1) is 0 Å². The smallest absolute Gasteiger partial charge is 0.152 e. The third-order valence-corrected chi connectivity index (χ3v) is 7.86. The van der Waals surface area contributed by atoms with Gasteiger partial charge < -0.3 is 0 Å². The lowest BCUT2D eigenvalue weighted by molar-refractivity contribution is 0.113. The van der Waals surface area contributed by atoms with Crippen LogP contribution in [-0.4, -0.2) is 0 Å². The number of nitrogens with zero attached hydrogens (tertiary/aromatic N) is 1. The van der Waals surface area contributed by atoms with Crippen molar-refractivity contribution in [2.24, 2.45) is 17.8 Å². The molecule has 4 heteroatoms. The number of fused-ring (bicyclic) bond motifs is 2. The van der Waals surface area contributed by atoms with Gasteiger partial charge in [0.1, 0.15) is 17.7 Å². The predicted octanol–water partition coefficient (Wildman–Crippen LogP) is 8.40. The van der Waals surface area contributed by atoms with Crippen molar-refractivity contribution in [2.75, 3.05) is 0 Å². The standard InChI is InChI=1S/C27H32F3N/c1-2-3-4-5-6-17-7-8-19-12-20(10-9-18(19)11-17)23-14-21-13-22(28)15-25(29)26(21)27(30)24(23)16-31/h13-15,17-20H,2-12H2,1H3. The molecule has 2 aromatic rings. The Bertz CT molecular complexity index is 977. The van der Waals surface area contributed by atoms with Gasteiger partial charge in [-0.05, 0) is 78.9 Å². The van der Waals surface area contributed by atoms with Gasteiger partial charge in [0.15, 0.2) is 5.82 Å². The van der Waals surface area contributed by atoms with E-state index in [1.807, 2.05) is 6.07 Å². The highest BCUT2D eigenvalue weighted by atomic mass is 19.1. The number of hydrogen-bond donors (Lipinski definition) is 0. The number of hydrogen-bond acceptors (Lipinski definition) is 1. The fourth-order valence-electron chi connectivity index (χ4n) is 6.26. The molecule has 0 bridgehead atoms. The molecule has 2 saturated carbocycles. The molecule has 1 nitrogen and oxygen atoms in total. The third kappa shape index (κ3) is 4.61. The van der Waals surface area contributed by atoms with Crippen LogP contribution in [0.2, 0.25) is 0 Å². The summed E-state index contributed by atoms with van der Waals surface area (Å²) in [5.41, 5.74) is 0.573. The van der Waals surface area contributed by atoms with Crippen LogP contribution in [0.4, 0.5) is 13.2 Å². The maximum absolute atomic E-state index is 15.1. The van der Waals surface area contributed by atoms with Crippen LogP contribution in [0.15, 0.2) is 18.2 Å². The molecule has 4 rings (SSSR count). The minimum atomic E-state index is -0.948. The molecule has 0 aromatic heterocycles. The summed E-state index contributed by atoms with van der Waals surface area (Å²) >= 11 is 0. The van der Waals surface area contributed by atoms with Gasteiger partial charge >= 0.3 is 0 Å². The normalized spacial score (nSPS) is 25.9. The van der Waals surface area contributed by atoms with E-state index in [9.17, 15) is 14.0 Å². The maximum Gasteiger partial charge on any atom is 0.152 e. The van der Waals surface area contributed by atoms with E-state index >= 15 is 4.39 Å². The van der Waals surface area contributed by atoms with Gasteiger partial charge in [-0.2, -0.15) is 5.26 Å². The molecule has 0 spiro atoms. The Morgan fingerprint density at radius 1 is 0.935 bits per heavy atom. The molecular formula is C27H32F3N. The summed E-state index contributed by atoms with van der Waals surface area (Å²) < 4.78 is 43.0. The highest BCUT2D eigenvalue weighted by Crippen LogP contribution is 2.49. The summed E-state index contributed by atoms with van der Waals surface area (Å²) in [4.78, 5) is 0. The van der Waals surface area contributed by atoms with Crippen molar-refractivity contribution < 1.29 is 13.2 Å². The van der Waals surface area contributed by atoms with E-state index in [1.165, 1.54) is 57.4 Å². The summed E-state index contributed by atoms with van der Waals surface area (Å²) in [7, 11) is 0. The Hall–Kier alpha value is -2.02. The van der Waals surface area contributed by atoms with Crippen LogP contribution in [0.5, 0.6) is 0 Å². The van der Waals surface area contributed by atoms with Gasteiger partial charge in [0.25, 0.3) is 0 Å². The fourth-order valence-corrected chi connectivity index (χ4v) is 6.26. The number of nitriles is 1. The molecule has 4 unspecified atom stereocenters. The second kappa shape index (κ2) is 9.63. The molecular weight excluding hydrogens is 395 g/mol. The summed E-state index contributed by atoms with van der Waals surface area (Å²) in [6.07, 6.45) is 13.4. The summed E-state index contributed by atoms with van der Waals surface area (Å²) in [5.74, 6) is -0.245. The lowest BCUT2D eigenvalue weighted by Crippen LogP contribution is -2.30. The van der Waals surface area contributed by atoms with E-state index in [0.717, 1.165) is 31.1 Å². The lowest BCUT2D eigenvalue weighted by atomic mass is 9.63. The quantitative estimate of drug-likeness (QED) is 0.425. The van der Waals surface area contributed by atoms with Gasteiger partial charge in [0, 0.05) is 6.07 Å². The van der Waals surface area contributed by atoms with Crippen molar-refractivity contribution in [3.05, 3.63) is 46.8 Å². The average molecular weight is 428 g/mol. The molecule has 0 amide bonds. The fraction of sp³-hybridized carbons (Fsp3) is 0.593. The zero-order valence-corrected chi connectivity index (χ0v) is 18.4. The Morgan fingerprint density at radius 3 is 2.48 bits per heavy atom. The lowest BCUT2D eigenvalue weighted by Gasteiger charge is -2.42. The first-order valence-electron chi connectivity index (χ1n) is 12.0. The zero-order chi connectivity index (χ0) is 22.0. The second-order valence-electron chi connectivity index (χ2n) is 9.81. The maximum atomic E-state index is 15.1.